The third-order valence-corrected chi connectivity index (χ3v) is 3.87. The quantitative estimate of drug-likeness (QED) is 0.803. The van der Waals surface area contributed by atoms with Crippen molar-refractivity contribution in [2.75, 3.05) is 11.9 Å². The van der Waals surface area contributed by atoms with E-state index in [1.807, 2.05) is 31.2 Å². The van der Waals surface area contributed by atoms with Crippen molar-refractivity contribution in [3.05, 3.63) is 29.8 Å². The van der Waals surface area contributed by atoms with Crippen molar-refractivity contribution in [1.82, 2.24) is 4.90 Å². The fourth-order valence-corrected chi connectivity index (χ4v) is 2.56. The van der Waals surface area contributed by atoms with E-state index < -0.39 is 0 Å². The number of carbonyl (C=O) groups is 1. The standard InChI is InChI=1S/C16H25N3O/c1-3-10-19(14-8-9-14)12(2)16(20)18-15-7-5-4-6-13(15)11-17/h4-7,12,14H,3,8-11,17H2,1-2H3,(H,18,20). The number of para-hydroxylation sites is 1. The normalized spacial score (nSPS) is 16.2. The maximum atomic E-state index is 12.4. The molecule has 4 nitrogen and oxygen atoms in total. The minimum absolute atomic E-state index is 0.0613. The molecule has 1 aliphatic carbocycles. The molecule has 1 atom stereocenters. The molecule has 1 aromatic carbocycles. The van der Waals surface area contributed by atoms with Gasteiger partial charge in [0.2, 0.25) is 5.91 Å². The van der Waals surface area contributed by atoms with Crippen LogP contribution < -0.4 is 11.1 Å². The monoisotopic (exact) mass is 275 g/mol. The molecule has 4 heteroatoms. The molecule has 1 fully saturated rings. The summed E-state index contributed by atoms with van der Waals surface area (Å²) in [6, 6.07) is 8.23. The summed E-state index contributed by atoms with van der Waals surface area (Å²) in [5.41, 5.74) is 7.51. The van der Waals surface area contributed by atoms with Crippen molar-refractivity contribution in [1.29, 1.82) is 0 Å². The van der Waals surface area contributed by atoms with Crippen LogP contribution in [0.5, 0.6) is 0 Å². The Labute approximate surface area is 121 Å². The SMILES string of the molecule is CCCN(C1CC1)C(C)C(=O)Nc1ccccc1CN. The molecule has 0 aliphatic heterocycles. The van der Waals surface area contributed by atoms with Gasteiger partial charge < -0.3 is 11.1 Å². The van der Waals surface area contributed by atoms with Gasteiger partial charge in [0.25, 0.3) is 0 Å². The van der Waals surface area contributed by atoms with Crippen LogP contribution in [0.3, 0.4) is 0 Å². The van der Waals surface area contributed by atoms with Gasteiger partial charge in [-0.05, 0) is 44.4 Å². The van der Waals surface area contributed by atoms with Crippen LogP contribution in [0.1, 0.15) is 38.7 Å². The molecule has 1 aliphatic rings. The second-order valence-corrected chi connectivity index (χ2v) is 5.50. The van der Waals surface area contributed by atoms with Gasteiger partial charge in [-0.15, -0.1) is 0 Å². The number of nitrogens with two attached hydrogens (primary N) is 1. The first kappa shape index (κ1) is 15.0. The van der Waals surface area contributed by atoms with Crippen molar-refractivity contribution in [2.24, 2.45) is 5.73 Å². The maximum absolute atomic E-state index is 12.4. The smallest absolute Gasteiger partial charge is 0.241 e. The van der Waals surface area contributed by atoms with E-state index >= 15 is 0 Å². The van der Waals surface area contributed by atoms with Crippen molar-refractivity contribution in [3.63, 3.8) is 0 Å². The second-order valence-electron chi connectivity index (χ2n) is 5.50. The molecule has 0 radical (unpaired) electrons. The van der Waals surface area contributed by atoms with E-state index in [0.29, 0.717) is 12.6 Å². The third-order valence-electron chi connectivity index (χ3n) is 3.87. The molecule has 2 rings (SSSR count). The lowest BCUT2D eigenvalue weighted by molar-refractivity contribution is -0.121. The van der Waals surface area contributed by atoms with Gasteiger partial charge in [0.15, 0.2) is 0 Å². The van der Waals surface area contributed by atoms with Crippen LogP contribution in [0.15, 0.2) is 24.3 Å². The van der Waals surface area contributed by atoms with Crippen LogP contribution in [-0.4, -0.2) is 29.4 Å². The molecule has 0 bridgehead atoms. The lowest BCUT2D eigenvalue weighted by Gasteiger charge is -2.28. The molecule has 0 aromatic heterocycles. The van der Waals surface area contributed by atoms with Gasteiger partial charge in [-0.25, -0.2) is 0 Å². The highest BCUT2D eigenvalue weighted by Crippen LogP contribution is 2.29. The minimum atomic E-state index is -0.0896. The largest absolute Gasteiger partial charge is 0.326 e. The zero-order valence-electron chi connectivity index (χ0n) is 12.4. The van der Waals surface area contributed by atoms with Crippen LogP contribution in [0, 0.1) is 0 Å². The third kappa shape index (κ3) is 3.58. The Kier molecular flexibility index (Phi) is 5.15. The Morgan fingerprint density at radius 1 is 1.45 bits per heavy atom. The first-order valence-electron chi connectivity index (χ1n) is 7.52. The number of hydrogen-bond donors (Lipinski definition) is 2. The number of amides is 1. The van der Waals surface area contributed by atoms with E-state index in [-0.39, 0.29) is 11.9 Å². The number of benzene rings is 1. The van der Waals surface area contributed by atoms with Crippen molar-refractivity contribution in [2.45, 2.75) is 51.7 Å². The summed E-state index contributed by atoms with van der Waals surface area (Å²) in [5.74, 6) is 0.0613. The average molecular weight is 275 g/mol. The minimum Gasteiger partial charge on any atom is -0.326 e. The fraction of sp³-hybridized carbons (Fsp3) is 0.562. The summed E-state index contributed by atoms with van der Waals surface area (Å²) in [4.78, 5) is 14.8. The summed E-state index contributed by atoms with van der Waals surface area (Å²) >= 11 is 0. The number of anilines is 1. The zero-order chi connectivity index (χ0) is 14.5. The predicted octanol–water partition coefficient (Wildman–Crippen LogP) is 2.35. The zero-order valence-corrected chi connectivity index (χ0v) is 12.4. The predicted molar refractivity (Wildman–Crippen MR) is 82.4 cm³/mol. The first-order chi connectivity index (χ1) is 9.67. The molecule has 1 saturated carbocycles. The molecule has 3 N–H and O–H groups in total. The van der Waals surface area contributed by atoms with Crippen LogP contribution in [0.25, 0.3) is 0 Å². The molecule has 0 saturated heterocycles. The van der Waals surface area contributed by atoms with E-state index in [0.717, 1.165) is 24.2 Å². The maximum Gasteiger partial charge on any atom is 0.241 e. The van der Waals surface area contributed by atoms with Gasteiger partial charge in [0.05, 0.1) is 6.04 Å². The van der Waals surface area contributed by atoms with Crippen LogP contribution in [0.4, 0.5) is 5.69 Å². The Bertz CT molecular complexity index is 457. The lowest BCUT2D eigenvalue weighted by atomic mass is 10.1. The highest BCUT2D eigenvalue weighted by molar-refractivity contribution is 5.95. The van der Waals surface area contributed by atoms with E-state index in [1.165, 1.54) is 12.8 Å². The fourth-order valence-electron chi connectivity index (χ4n) is 2.56. The number of nitrogens with zero attached hydrogens (tertiary/aromatic N) is 1. The van der Waals surface area contributed by atoms with Gasteiger partial charge in [-0.2, -0.15) is 0 Å². The van der Waals surface area contributed by atoms with Gasteiger partial charge in [0, 0.05) is 18.3 Å². The summed E-state index contributed by atoms with van der Waals surface area (Å²) in [5, 5.41) is 3.02. The molecule has 0 heterocycles. The number of rotatable bonds is 7. The number of hydrogen-bond acceptors (Lipinski definition) is 3. The number of carbonyl (C=O) groups excluding carboxylic acids is 1. The Balaban J connectivity index is 2.02. The summed E-state index contributed by atoms with van der Waals surface area (Å²) < 4.78 is 0. The summed E-state index contributed by atoms with van der Waals surface area (Å²) in [7, 11) is 0. The number of nitrogens with one attached hydrogen (secondary N) is 1. The molecular weight excluding hydrogens is 250 g/mol. The summed E-state index contributed by atoms with van der Waals surface area (Å²) in [6.45, 7) is 5.57. The molecule has 1 amide bonds. The topological polar surface area (TPSA) is 58.4 Å². The van der Waals surface area contributed by atoms with Gasteiger partial charge in [-0.1, -0.05) is 25.1 Å². The van der Waals surface area contributed by atoms with Crippen molar-refractivity contribution >= 4 is 11.6 Å². The Morgan fingerprint density at radius 2 is 2.15 bits per heavy atom. The van der Waals surface area contributed by atoms with E-state index in [4.69, 9.17) is 5.73 Å². The molecule has 110 valence electrons. The van der Waals surface area contributed by atoms with E-state index in [1.54, 1.807) is 0 Å². The molecule has 1 unspecified atom stereocenters. The Morgan fingerprint density at radius 3 is 2.75 bits per heavy atom. The van der Waals surface area contributed by atoms with E-state index in [2.05, 4.69) is 17.1 Å². The Hall–Kier alpha value is -1.39. The molecule has 1 aromatic rings. The van der Waals surface area contributed by atoms with E-state index in [9.17, 15) is 4.79 Å². The average Bonchev–Trinajstić information content (AvgIpc) is 3.29. The lowest BCUT2D eigenvalue weighted by Crippen LogP contribution is -2.43. The van der Waals surface area contributed by atoms with Gasteiger partial charge in [-0.3, -0.25) is 9.69 Å². The van der Waals surface area contributed by atoms with Crippen molar-refractivity contribution in [3.8, 4) is 0 Å². The highest BCUT2D eigenvalue weighted by atomic mass is 16.2. The van der Waals surface area contributed by atoms with Crippen molar-refractivity contribution < 1.29 is 4.79 Å². The van der Waals surface area contributed by atoms with Crippen LogP contribution in [-0.2, 0) is 11.3 Å². The van der Waals surface area contributed by atoms with Crippen LogP contribution >= 0.6 is 0 Å². The first-order valence-corrected chi connectivity index (χ1v) is 7.52. The molecular formula is C16H25N3O. The summed E-state index contributed by atoms with van der Waals surface area (Å²) in [6.07, 6.45) is 3.52. The molecule has 0 spiro atoms. The second kappa shape index (κ2) is 6.86. The van der Waals surface area contributed by atoms with Gasteiger partial charge >= 0.3 is 0 Å². The van der Waals surface area contributed by atoms with Gasteiger partial charge in [0.1, 0.15) is 0 Å². The highest BCUT2D eigenvalue weighted by Gasteiger charge is 2.34. The van der Waals surface area contributed by atoms with Crippen LogP contribution in [0.2, 0.25) is 0 Å². The molecule has 20 heavy (non-hydrogen) atoms.